The van der Waals surface area contributed by atoms with Crippen molar-refractivity contribution in [3.05, 3.63) is 20.8 Å². The van der Waals surface area contributed by atoms with Crippen LogP contribution in [0.1, 0.15) is 12.0 Å². The lowest BCUT2D eigenvalue weighted by molar-refractivity contribution is -0.129. The third-order valence-electron chi connectivity index (χ3n) is 1.79. The van der Waals surface area contributed by atoms with Gasteiger partial charge in [0, 0.05) is 20.0 Å². The van der Waals surface area contributed by atoms with Crippen LogP contribution in [0.4, 0.5) is 0 Å². The quantitative estimate of drug-likeness (QED) is 0.847. The van der Waals surface area contributed by atoms with Gasteiger partial charge in [0.1, 0.15) is 0 Å². The fourth-order valence-electron chi connectivity index (χ4n) is 1.08. The number of carbonyl (C=O) groups excluding carboxylic acids is 1. The molecule has 1 aromatic heterocycles. The lowest BCUT2D eigenvalue weighted by Crippen LogP contribution is -2.25. The summed E-state index contributed by atoms with van der Waals surface area (Å²) in [6.07, 6.45) is 0.505. The Morgan fingerprint density at radius 3 is 2.93 bits per heavy atom. The van der Waals surface area contributed by atoms with E-state index in [0.29, 0.717) is 18.7 Å². The molecule has 0 radical (unpaired) electrons. The van der Waals surface area contributed by atoms with E-state index >= 15 is 0 Å². The number of thiol groups is 1. The van der Waals surface area contributed by atoms with E-state index in [9.17, 15) is 4.79 Å². The molecule has 0 aliphatic carbocycles. The highest BCUT2D eigenvalue weighted by Gasteiger charge is 2.08. The van der Waals surface area contributed by atoms with Gasteiger partial charge in [0.15, 0.2) is 0 Å². The molecule has 0 saturated carbocycles. The Hall–Kier alpha value is -0.0000000000000000555. The summed E-state index contributed by atoms with van der Waals surface area (Å²) in [6, 6.07) is 2.04. The molecule has 78 valence electrons. The van der Waals surface area contributed by atoms with E-state index in [0.717, 1.165) is 9.35 Å². The second-order valence-electron chi connectivity index (χ2n) is 2.98. The third-order valence-corrected chi connectivity index (χ3v) is 3.57. The average molecular weight is 294 g/mol. The Balaban J connectivity index is 2.48. The summed E-state index contributed by atoms with van der Waals surface area (Å²) in [5.74, 6) is 0.749. The molecule has 0 aromatic carbocycles. The second-order valence-corrected chi connectivity index (χ2v) is 5.72. The average Bonchev–Trinajstić information content (AvgIpc) is 2.51. The van der Waals surface area contributed by atoms with Gasteiger partial charge in [-0.15, -0.1) is 11.3 Å². The van der Waals surface area contributed by atoms with Crippen molar-refractivity contribution in [3.8, 4) is 0 Å². The first-order chi connectivity index (χ1) is 6.63. The molecule has 0 atom stereocenters. The number of amides is 1. The number of carbonyl (C=O) groups is 1. The monoisotopic (exact) mass is 293 g/mol. The Labute approximate surface area is 102 Å². The van der Waals surface area contributed by atoms with Gasteiger partial charge < -0.3 is 4.90 Å². The second kappa shape index (κ2) is 5.78. The van der Waals surface area contributed by atoms with Crippen LogP contribution in [0.25, 0.3) is 0 Å². The maximum atomic E-state index is 11.4. The highest BCUT2D eigenvalue weighted by atomic mass is 79.9. The van der Waals surface area contributed by atoms with Crippen LogP contribution in [0.3, 0.4) is 0 Å². The number of nitrogens with zero attached hydrogens (tertiary/aromatic N) is 1. The van der Waals surface area contributed by atoms with Crippen LogP contribution in [0.15, 0.2) is 15.2 Å². The molecular weight excluding hydrogens is 282 g/mol. The van der Waals surface area contributed by atoms with Crippen LogP contribution < -0.4 is 0 Å². The van der Waals surface area contributed by atoms with Crippen molar-refractivity contribution < 1.29 is 4.79 Å². The summed E-state index contributed by atoms with van der Waals surface area (Å²) in [7, 11) is 1.82. The minimum absolute atomic E-state index is 0.141. The van der Waals surface area contributed by atoms with E-state index < -0.39 is 0 Å². The van der Waals surface area contributed by atoms with E-state index in [4.69, 9.17) is 0 Å². The number of thiophene rings is 1. The predicted molar refractivity (Wildman–Crippen MR) is 67.0 cm³/mol. The number of hydrogen-bond donors (Lipinski definition) is 1. The highest BCUT2D eigenvalue weighted by molar-refractivity contribution is 9.11. The summed E-state index contributed by atoms with van der Waals surface area (Å²) in [6.45, 7) is 0.675. The topological polar surface area (TPSA) is 20.3 Å². The molecule has 14 heavy (non-hydrogen) atoms. The molecule has 0 unspecified atom stereocenters. The SMILES string of the molecule is CN(Cc1csc(Br)c1)C(=O)CCS. The molecule has 1 rings (SSSR count). The lowest BCUT2D eigenvalue weighted by atomic mass is 10.3. The normalized spacial score (nSPS) is 10.2. The zero-order valence-corrected chi connectivity index (χ0v) is 11.2. The molecule has 0 N–H and O–H groups in total. The Morgan fingerprint density at radius 1 is 1.71 bits per heavy atom. The molecule has 0 aliphatic heterocycles. The molecule has 1 aromatic rings. The van der Waals surface area contributed by atoms with Gasteiger partial charge in [0.05, 0.1) is 3.79 Å². The molecule has 0 bridgehead atoms. The van der Waals surface area contributed by atoms with E-state index in [1.165, 1.54) is 0 Å². The molecule has 5 heteroatoms. The van der Waals surface area contributed by atoms with Gasteiger partial charge in [0.2, 0.25) is 5.91 Å². The fraction of sp³-hybridized carbons (Fsp3) is 0.444. The largest absolute Gasteiger partial charge is 0.341 e. The molecule has 0 spiro atoms. The van der Waals surface area contributed by atoms with Gasteiger partial charge in [-0.1, -0.05) is 0 Å². The van der Waals surface area contributed by atoms with E-state index in [1.54, 1.807) is 16.2 Å². The third kappa shape index (κ3) is 3.63. The van der Waals surface area contributed by atoms with Crippen molar-refractivity contribution in [3.63, 3.8) is 0 Å². The van der Waals surface area contributed by atoms with Gasteiger partial charge in [-0.05, 0) is 38.7 Å². The van der Waals surface area contributed by atoms with Crippen LogP contribution >= 0.6 is 39.9 Å². The van der Waals surface area contributed by atoms with Crippen LogP contribution in [0.5, 0.6) is 0 Å². The highest BCUT2D eigenvalue weighted by Crippen LogP contribution is 2.21. The molecule has 1 amide bonds. The van der Waals surface area contributed by atoms with E-state index in [1.807, 2.05) is 13.1 Å². The summed E-state index contributed by atoms with van der Waals surface area (Å²) < 4.78 is 1.10. The molecule has 0 saturated heterocycles. The predicted octanol–water partition coefficient (Wildman–Crippen LogP) is 2.79. The minimum Gasteiger partial charge on any atom is -0.341 e. The Kier molecular flexibility index (Phi) is 4.98. The maximum absolute atomic E-state index is 11.4. The summed E-state index contributed by atoms with van der Waals surface area (Å²) >= 11 is 9.06. The summed E-state index contributed by atoms with van der Waals surface area (Å²) in [5.41, 5.74) is 1.16. The number of hydrogen-bond acceptors (Lipinski definition) is 3. The smallest absolute Gasteiger partial charge is 0.223 e. The van der Waals surface area contributed by atoms with Gasteiger partial charge in [-0.2, -0.15) is 12.6 Å². The van der Waals surface area contributed by atoms with Crippen LogP contribution in [0, 0.1) is 0 Å². The first kappa shape index (κ1) is 12.1. The first-order valence-corrected chi connectivity index (χ1v) is 6.51. The molecule has 0 fully saturated rings. The van der Waals surface area contributed by atoms with Crippen molar-refractivity contribution in [1.29, 1.82) is 0 Å². The van der Waals surface area contributed by atoms with E-state index in [-0.39, 0.29) is 5.91 Å². The number of rotatable bonds is 4. The van der Waals surface area contributed by atoms with Crippen LogP contribution in [0.2, 0.25) is 0 Å². The lowest BCUT2D eigenvalue weighted by Gasteiger charge is -2.15. The van der Waals surface area contributed by atoms with Crippen molar-refractivity contribution >= 4 is 45.8 Å². The number of halogens is 1. The summed E-state index contributed by atoms with van der Waals surface area (Å²) in [4.78, 5) is 13.1. The Morgan fingerprint density at radius 2 is 2.43 bits per heavy atom. The first-order valence-electron chi connectivity index (χ1n) is 4.21. The molecule has 1 heterocycles. The van der Waals surface area contributed by atoms with E-state index in [2.05, 4.69) is 33.9 Å². The van der Waals surface area contributed by atoms with Crippen molar-refractivity contribution in [2.45, 2.75) is 13.0 Å². The van der Waals surface area contributed by atoms with Crippen LogP contribution in [-0.4, -0.2) is 23.6 Å². The van der Waals surface area contributed by atoms with Gasteiger partial charge in [0.25, 0.3) is 0 Å². The van der Waals surface area contributed by atoms with Gasteiger partial charge in [-0.25, -0.2) is 0 Å². The fourth-order valence-corrected chi connectivity index (χ4v) is 2.47. The zero-order chi connectivity index (χ0) is 10.6. The van der Waals surface area contributed by atoms with Crippen molar-refractivity contribution in [1.82, 2.24) is 4.90 Å². The maximum Gasteiger partial charge on any atom is 0.223 e. The van der Waals surface area contributed by atoms with Crippen molar-refractivity contribution in [2.24, 2.45) is 0 Å². The van der Waals surface area contributed by atoms with Crippen molar-refractivity contribution in [2.75, 3.05) is 12.8 Å². The Bertz CT molecular complexity index is 314. The van der Waals surface area contributed by atoms with Crippen LogP contribution in [-0.2, 0) is 11.3 Å². The molecule has 2 nitrogen and oxygen atoms in total. The van der Waals surface area contributed by atoms with Gasteiger partial charge in [-0.3, -0.25) is 4.79 Å². The molecule has 0 aliphatic rings. The van der Waals surface area contributed by atoms with Gasteiger partial charge >= 0.3 is 0 Å². The summed E-state index contributed by atoms with van der Waals surface area (Å²) in [5, 5.41) is 2.05. The zero-order valence-electron chi connectivity index (χ0n) is 7.86. The minimum atomic E-state index is 0.141. The molecular formula is C9H12BrNOS2. The standard InChI is InChI=1S/C9H12BrNOS2/c1-11(9(12)2-3-13)5-7-4-8(10)14-6-7/h4,6,13H,2-3,5H2,1H3.